The second-order valence-corrected chi connectivity index (χ2v) is 6.84. The lowest BCUT2D eigenvalue weighted by Gasteiger charge is -2.18. The van der Waals surface area contributed by atoms with Crippen LogP contribution in [0.2, 0.25) is 0 Å². The van der Waals surface area contributed by atoms with Crippen molar-refractivity contribution in [3.8, 4) is 11.5 Å². The molecule has 0 saturated carbocycles. The van der Waals surface area contributed by atoms with Gasteiger partial charge in [0.1, 0.15) is 0 Å². The van der Waals surface area contributed by atoms with E-state index in [1.807, 2.05) is 32.0 Å². The Kier molecular flexibility index (Phi) is 5.73. The largest absolute Gasteiger partial charge is 0.493 e. The van der Waals surface area contributed by atoms with Gasteiger partial charge in [-0.05, 0) is 49.2 Å². The first-order chi connectivity index (χ1) is 13.4. The van der Waals surface area contributed by atoms with Crippen molar-refractivity contribution in [2.45, 2.75) is 26.3 Å². The smallest absolute Gasteiger partial charge is 0.319 e. The minimum absolute atomic E-state index is 0.000306. The second-order valence-electron chi connectivity index (χ2n) is 6.84. The van der Waals surface area contributed by atoms with E-state index in [0.29, 0.717) is 23.7 Å². The van der Waals surface area contributed by atoms with Crippen LogP contribution in [0.15, 0.2) is 36.4 Å². The molecule has 28 heavy (non-hydrogen) atoms. The number of hydrogen-bond acceptors (Lipinski definition) is 4. The first-order valence-electron chi connectivity index (χ1n) is 9.08. The van der Waals surface area contributed by atoms with Gasteiger partial charge < -0.3 is 25.0 Å². The number of ether oxygens (including phenoxy) is 2. The molecule has 0 radical (unpaired) electrons. The lowest BCUT2D eigenvalue weighted by Crippen LogP contribution is -2.39. The van der Waals surface area contributed by atoms with Crippen molar-refractivity contribution in [2.75, 3.05) is 31.0 Å². The Morgan fingerprint density at radius 1 is 1.04 bits per heavy atom. The van der Waals surface area contributed by atoms with Crippen LogP contribution in [0.5, 0.6) is 11.5 Å². The van der Waals surface area contributed by atoms with Gasteiger partial charge in [0.25, 0.3) is 0 Å². The summed E-state index contributed by atoms with van der Waals surface area (Å²) in [6, 6.07) is 10.4. The minimum atomic E-state index is -0.369. The van der Waals surface area contributed by atoms with E-state index in [2.05, 4.69) is 10.6 Å². The SMILES string of the molecule is COc1ccc(NC(=O)N[C@H]2CC(=O)N(c3ccc(C)c(C)c3)C2)cc1OC. The van der Waals surface area contributed by atoms with Crippen molar-refractivity contribution < 1.29 is 19.1 Å². The summed E-state index contributed by atoms with van der Waals surface area (Å²) in [6.07, 6.45) is 0.270. The maximum absolute atomic E-state index is 12.4. The van der Waals surface area contributed by atoms with Crippen LogP contribution < -0.4 is 25.0 Å². The van der Waals surface area contributed by atoms with Crippen molar-refractivity contribution >= 4 is 23.3 Å². The van der Waals surface area contributed by atoms with Gasteiger partial charge in [-0.1, -0.05) is 6.07 Å². The highest BCUT2D eigenvalue weighted by molar-refractivity contribution is 5.97. The average molecular weight is 383 g/mol. The molecule has 1 atom stereocenters. The van der Waals surface area contributed by atoms with Gasteiger partial charge >= 0.3 is 6.03 Å². The first-order valence-corrected chi connectivity index (χ1v) is 9.08. The minimum Gasteiger partial charge on any atom is -0.493 e. The summed E-state index contributed by atoms with van der Waals surface area (Å²) in [7, 11) is 3.09. The fraction of sp³-hybridized carbons (Fsp3) is 0.333. The molecule has 3 amide bonds. The second kappa shape index (κ2) is 8.21. The maximum atomic E-state index is 12.4. The molecule has 7 nitrogen and oxygen atoms in total. The van der Waals surface area contributed by atoms with Crippen LogP contribution in [0.4, 0.5) is 16.2 Å². The topological polar surface area (TPSA) is 79.9 Å². The van der Waals surface area contributed by atoms with E-state index in [4.69, 9.17) is 9.47 Å². The van der Waals surface area contributed by atoms with Gasteiger partial charge in [0, 0.05) is 30.4 Å². The summed E-state index contributed by atoms with van der Waals surface area (Å²) in [5.74, 6) is 1.11. The quantitative estimate of drug-likeness (QED) is 0.831. The van der Waals surface area contributed by atoms with Crippen LogP contribution in [0.3, 0.4) is 0 Å². The molecule has 0 aromatic heterocycles. The summed E-state index contributed by atoms with van der Waals surface area (Å²) < 4.78 is 10.4. The summed E-state index contributed by atoms with van der Waals surface area (Å²) in [5.41, 5.74) is 3.75. The molecule has 1 aliphatic rings. The third-order valence-corrected chi connectivity index (χ3v) is 4.90. The zero-order valence-corrected chi connectivity index (χ0v) is 16.5. The molecule has 2 N–H and O–H groups in total. The number of benzene rings is 2. The lowest BCUT2D eigenvalue weighted by molar-refractivity contribution is -0.117. The number of nitrogens with one attached hydrogen (secondary N) is 2. The normalized spacial score (nSPS) is 16.1. The molecule has 1 saturated heterocycles. The molecule has 148 valence electrons. The van der Waals surface area contributed by atoms with Crippen LogP contribution >= 0.6 is 0 Å². The van der Waals surface area contributed by atoms with Crippen LogP contribution in [0, 0.1) is 13.8 Å². The van der Waals surface area contributed by atoms with Crippen molar-refractivity contribution in [2.24, 2.45) is 0 Å². The summed E-state index contributed by atoms with van der Waals surface area (Å²) in [5, 5.41) is 5.63. The Balaban J connectivity index is 1.62. The molecule has 0 aliphatic carbocycles. The van der Waals surface area contributed by atoms with E-state index < -0.39 is 0 Å². The van der Waals surface area contributed by atoms with Gasteiger partial charge in [-0.25, -0.2) is 4.79 Å². The van der Waals surface area contributed by atoms with Crippen molar-refractivity contribution in [3.63, 3.8) is 0 Å². The highest BCUT2D eigenvalue weighted by Gasteiger charge is 2.31. The molecule has 0 bridgehead atoms. The Morgan fingerprint density at radius 2 is 1.79 bits per heavy atom. The van der Waals surface area contributed by atoms with Crippen LogP contribution in [-0.2, 0) is 4.79 Å². The molecule has 0 spiro atoms. The van der Waals surface area contributed by atoms with E-state index in [1.165, 1.54) is 12.7 Å². The lowest BCUT2D eigenvalue weighted by atomic mass is 10.1. The zero-order chi connectivity index (χ0) is 20.3. The predicted octanol–water partition coefficient (Wildman–Crippen LogP) is 3.25. The van der Waals surface area contributed by atoms with Crippen molar-refractivity contribution in [1.82, 2.24) is 5.32 Å². The van der Waals surface area contributed by atoms with Crippen LogP contribution in [-0.4, -0.2) is 38.7 Å². The number of carbonyl (C=O) groups excluding carboxylic acids is 2. The standard InChI is InChI=1S/C21H25N3O4/c1-13-5-7-17(9-14(13)2)24-12-16(11-20(24)25)23-21(26)22-15-6-8-18(27-3)19(10-15)28-4/h5-10,16H,11-12H2,1-4H3,(H2,22,23,26)/t16-/m0/s1. The molecule has 7 heteroatoms. The monoisotopic (exact) mass is 383 g/mol. The zero-order valence-electron chi connectivity index (χ0n) is 16.5. The van der Waals surface area contributed by atoms with E-state index in [9.17, 15) is 9.59 Å². The van der Waals surface area contributed by atoms with Crippen molar-refractivity contribution in [3.05, 3.63) is 47.5 Å². The number of methoxy groups -OCH3 is 2. The van der Waals surface area contributed by atoms with Gasteiger partial charge in [0.2, 0.25) is 5.91 Å². The third kappa shape index (κ3) is 4.19. The number of urea groups is 1. The molecular weight excluding hydrogens is 358 g/mol. The fourth-order valence-electron chi connectivity index (χ4n) is 3.21. The van der Waals surface area contributed by atoms with E-state index in [0.717, 1.165) is 11.3 Å². The molecule has 1 fully saturated rings. The summed E-state index contributed by atoms with van der Waals surface area (Å²) >= 11 is 0. The number of rotatable bonds is 5. The molecular formula is C21H25N3O4. The number of hydrogen-bond donors (Lipinski definition) is 2. The first kappa shape index (κ1) is 19.5. The van der Waals surface area contributed by atoms with Crippen molar-refractivity contribution in [1.29, 1.82) is 0 Å². The fourth-order valence-corrected chi connectivity index (χ4v) is 3.21. The highest BCUT2D eigenvalue weighted by Crippen LogP contribution is 2.30. The van der Waals surface area contributed by atoms with Gasteiger partial charge in [-0.15, -0.1) is 0 Å². The Labute approximate surface area is 164 Å². The summed E-state index contributed by atoms with van der Waals surface area (Å²) in [4.78, 5) is 26.5. The third-order valence-electron chi connectivity index (χ3n) is 4.90. The van der Waals surface area contributed by atoms with Crippen LogP contribution in [0.1, 0.15) is 17.5 Å². The Morgan fingerprint density at radius 3 is 2.46 bits per heavy atom. The number of anilines is 2. The molecule has 1 heterocycles. The summed E-state index contributed by atoms with van der Waals surface area (Å²) in [6.45, 7) is 4.50. The van der Waals surface area contributed by atoms with Gasteiger partial charge in [-0.3, -0.25) is 4.79 Å². The molecule has 3 rings (SSSR count). The van der Waals surface area contributed by atoms with E-state index >= 15 is 0 Å². The molecule has 1 aliphatic heterocycles. The average Bonchev–Trinajstić information content (AvgIpc) is 3.03. The van der Waals surface area contributed by atoms with E-state index in [1.54, 1.807) is 30.2 Å². The van der Waals surface area contributed by atoms with Crippen LogP contribution in [0.25, 0.3) is 0 Å². The number of nitrogens with zero attached hydrogens (tertiary/aromatic N) is 1. The highest BCUT2D eigenvalue weighted by atomic mass is 16.5. The molecule has 2 aromatic rings. The van der Waals surface area contributed by atoms with Gasteiger partial charge in [-0.2, -0.15) is 0 Å². The Bertz CT molecular complexity index is 897. The number of carbonyl (C=O) groups is 2. The Hall–Kier alpha value is -3.22. The predicted molar refractivity (Wildman–Crippen MR) is 108 cm³/mol. The van der Waals surface area contributed by atoms with Gasteiger partial charge in [0.15, 0.2) is 11.5 Å². The van der Waals surface area contributed by atoms with E-state index in [-0.39, 0.29) is 24.4 Å². The molecule has 0 unspecified atom stereocenters. The van der Waals surface area contributed by atoms with Gasteiger partial charge in [0.05, 0.1) is 20.3 Å². The number of aryl methyl sites for hydroxylation is 2. The molecule has 2 aromatic carbocycles. The maximum Gasteiger partial charge on any atom is 0.319 e. The number of amides is 3.